The lowest BCUT2D eigenvalue weighted by Gasteiger charge is -2.30. The van der Waals surface area contributed by atoms with Crippen LogP contribution in [-0.2, 0) is 6.54 Å². The van der Waals surface area contributed by atoms with E-state index in [-0.39, 0.29) is 11.9 Å². The van der Waals surface area contributed by atoms with E-state index in [2.05, 4.69) is 29.1 Å². The fourth-order valence-corrected chi connectivity index (χ4v) is 3.95. The van der Waals surface area contributed by atoms with Crippen LogP contribution in [0.15, 0.2) is 29.8 Å². The molecule has 0 aromatic carbocycles. The second-order valence-corrected chi connectivity index (χ2v) is 7.70. The molecule has 2 aromatic rings. The van der Waals surface area contributed by atoms with Gasteiger partial charge in [-0.15, -0.1) is 11.3 Å². The van der Waals surface area contributed by atoms with E-state index in [4.69, 9.17) is 0 Å². The van der Waals surface area contributed by atoms with Gasteiger partial charge in [0.1, 0.15) is 5.69 Å². The Kier molecular flexibility index (Phi) is 6.15. The number of nitrogens with one attached hydrogen (secondary N) is 1. The third-order valence-electron chi connectivity index (χ3n) is 4.54. The van der Waals surface area contributed by atoms with Crippen molar-refractivity contribution < 1.29 is 4.79 Å². The molecule has 1 fully saturated rings. The Labute approximate surface area is 153 Å². The monoisotopic (exact) mass is 358 g/mol. The molecule has 0 saturated carbocycles. The number of pyridine rings is 1. The van der Waals surface area contributed by atoms with Gasteiger partial charge >= 0.3 is 0 Å². The van der Waals surface area contributed by atoms with Crippen molar-refractivity contribution in [1.29, 1.82) is 0 Å². The molecule has 1 amide bonds. The number of nitrogens with zero attached hydrogens (tertiary/aromatic N) is 3. The molecule has 5 nitrogen and oxygen atoms in total. The van der Waals surface area contributed by atoms with Crippen LogP contribution in [0.25, 0.3) is 0 Å². The summed E-state index contributed by atoms with van der Waals surface area (Å²) < 4.78 is 0. The Morgan fingerprint density at radius 3 is 2.96 bits per heavy atom. The first-order chi connectivity index (χ1) is 12.1. The molecule has 0 bridgehead atoms. The topological polar surface area (TPSA) is 58.1 Å². The maximum atomic E-state index is 13.2. The van der Waals surface area contributed by atoms with Crippen molar-refractivity contribution in [3.63, 3.8) is 0 Å². The van der Waals surface area contributed by atoms with E-state index in [9.17, 15) is 4.79 Å². The average molecular weight is 359 g/mol. The number of aromatic nitrogens is 2. The summed E-state index contributed by atoms with van der Waals surface area (Å²) in [5, 5.41) is 6.34. The molecular formula is C19H26N4OS. The second-order valence-electron chi connectivity index (χ2n) is 6.81. The summed E-state index contributed by atoms with van der Waals surface area (Å²) in [6.07, 6.45) is 4.86. The van der Waals surface area contributed by atoms with Crippen LogP contribution in [-0.4, -0.2) is 39.9 Å². The lowest BCUT2D eigenvalue weighted by molar-refractivity contribution is 0.0637. The minimum atomic E-state index is 0.0284. The third kappa shape index (κ3) is 4.64. The van der Waals surface area contributed by atoms with Gasteiger partial charge in [-0.05, 0) is 44.5 Å². The molecule has 0 radical (unpaired) electrons. The highest BCUT2D eigenvalue weighted by Crippen LogP contribution is 2.23. The second kappa shape index (κ2) is 8.54. The molecule has 25 heavy (non-hydrogen) atoms. The van der Waals surface area contributed by atoms with E-state index < -0.39 is 0 Å². The minimum absolute atomic E-state index is 0.0284. The molecule has 3 heterocycles. The molecule has 2 aromatic heterocycles. The van der Waals surface area contributed by atoms with Crippen LogP contribution >= 0.6 is 11.3 Å². The Hall–Kier alpha value is -1.79. The highest BCUT2D eigenvalue weighted by atomic mass is 32.1. The normalized spacial score (nSPS) is 18.1. The predicted molar refractivity (Wildman–Crippen MR) is 101 cm³/mol. The minimum Gasteiger partial charge on any atom is -0.328 e. The summed E-state index contributed by atoms with van der Waals surface area (Å²) in [4.78, 5) is 24.2. The molecule has 1 aliphatic rings. The summed E-state index contributed by atoms with van der Waals surface area (Å²) in [6, 6.07) is 6.09. The molecule has 1 aliphatic heterocycles. The van der Waals surface area contributed by atoms with Crippen molar-refractivity contribution in [1.82, 2.24) is 20.2 Å². The number of carbonyl (C=O) groups excluding carboxylic acids is 1. The summed E-state index contributed by atoms with van der Waals surface area (Å²) in [6.45, 7) is 6.73. The SMILES string of the molecule is CC(C)c1nc(C(=O)N(Cc2ccccn2)C2CCCNCC2)cs1. The van der Waals surface area contributed by atoms with Gasteiger partial charge in [0, 0.05) is 23.5 Å². The van der Waals surface area contributed by atoms with Crippen molar-refractivity contribution in [3.8, 4) is 0 Å². The van der Waals surface area contributed by atoms with Gasteiger partial charge in [0.05, 0.1) is 17.2 Å². The molecule has 0 spiro atoms. The quantitative estimate of drug-likeness (QED) is 0.889. The molecular weight excluding hydrogens is 332 g/mol. The number of hydrogen-bond donors (Lipinski definition) is 1. The standard InChI is InChI=1S/C19H26N4OS/c1-14(2)18-22-17(13-25-18)19(24)23(12-15-6-3-4-10-21-15)16-7-5-9-20-11-8-16/h3-4,6,10,13-14,16,20H,5,7-9,11-12H2,1-2H3. The van der Waals surface area contributed by atoms with Crippen molar-refractivity contribution in [2.45, 2.75) is 51.6 Å². The summed E-state index contributed by atoms with van der Waals surface area (Å²) in [5.41, 5.74) is 1.49. The summed E-state index contributed by atoms with van der Waals surface area (Å²) >= 11 is 1.57. The van der Waals surface area contributed by atoms with Gasteiger partial charge in [0.25, 0.3) is 5.91 Å². The van der Waals surface area contributed by atoms with Crippen molar-refractivity contribution in [2.24, 2.45) is 0 Å². The first kappa shape index (κ1) is 18.0. The lowest BCUT2D eigenvalue weighted by Crippen LogP contribution is -2.40. The molecule has 3 rings (SSSR count). The predicted octanol–water partition coefficient (Wildman–Crippen LogP) is 3.45. The smallest absolute Gasteiger partial charge is 0.273 e. The van der Waals surface area contributed by atoms with Crippen molar-refractivity contribution in [2.75, 3.05) is 13.1 Å². The lowest BCUT2D eigenvalue weighted by atomic mass is 10.1. The first-order valence-electron chi connectivity index (χ1n) is 9.02. The van der Waals surface area contributed by atoms with Gasteiger partial charge in [-0.1, -0.05) is 19.9 Å². The largest absolute Gasteiger partial charge is 0.328 e. The number of amides is 1. The molecule has 1 atom stereocenters. The molecule has 1 N–H and O–H groups in total. The van der Waals surface area contributed by atoms with E-state index >= 15 is 0 Å². The molecule has 6 heteroatoms. The number of hydrogen-bond acceptors (Lipinski definition) is 5. The summed E-state index contributed by atoms with van der Waals surface area (Å²) in [7, 11) is 0. The van der Waals surface area contributed by atoms with Crippen LogP contribution in [0.1, 0.15) is 60.2 Å². The van der Waals surface area contributed by atoms with Gasteiger partial charge in [0.15, 0.2) is 0 Å². The van der Waals surface area contributed by atoms with Crippen LogP contribution in [0.4, 0.5) is 0 Å². The van der Waals surface area contributed by atoms with E-state index in [1.165, 1.54) is 0 Å². The molecule has 134 valence electrons. The Bertz CT molecular complexity index is 678. The van der Waals surface area contributed by atoms with Crippen molar-refractivity contribution >= 4 is 17.2 Å². The zero-order valence-electron chi connectivity index (χ0n) is 14.9. The van der Waals surface area contributed by atoms with Crippen LogP contribution < -0.4 is 5.32 Å². The van der Waals surface area contributed by atoms with Gasteiger partial charge in [0.2, 0.25) is 0 Å². The van der Waals surface area contributed by atoms with Gasteiger partial charge < -0.3 is 10.2 Å². The number of rotatable bonds is 5. The van der Waals surface area contributed by atoms with Gasteiger partial charge in [-0.2, -0.15) is 0 Å². The average Bonchev–Trinajstić information content (AvgIpc) is 2.97. The maximum Gasteiger partial charge on any atom is 0.273 e. The highest BCUT2D eigenvalue weighted by molar-refractivity contribution is 7.09. The van der Waals surface area contributed by atoms with Gasteiger partial charge in [-0.25, -0.2) is 4.98 Å². The van der Waals surface area contributed by atoms with Gasteiger partial charge in [-0.3, -0.25) is 9.78 Å². The van der Waals surface area contributed by atoms with E-state index in [0.29, 0.717) is 18.2 Å². The maximum absolute atomic E-state index is 13.2. The zero-order valence-corrected chi connectivity index (χ0v) is 15.8. The first-order valence-corrected chi connectivity index (χ1v) is 9.90. The highest BCUT2D eigenvalue weighted by Gasteiger charge is 2.27. The van der Waals surface area contributed by atoms with E-state index in [0.717, 1.165) is 43.1 Å². The van der Waals surface area contributed by atoms with E-state index in [1.807, 2.05) is 28.5 Å². The molecule has 1 unspecified atom stereocenters. The third-order valence-corrected chi connectivity index (χ3v) is 5.69. The number of carbonyl (C=O) groups is 1. The van der Waals surface area contributed by atoms with E-state index in [1.54, 1.807) is 17.5 Å². The van der Waals surface area contributed by atoms with Crippen molar-refractivity contribution in [3.05, 3.63) is 46.2 Å². The zero-order chi connectivity index (χ0) is 17.6. The van der Waals surface area contributed by atoms with Crippen LogP contribution in [0.5, 0.6) is 0 Å². The Morgan fingerprint density at radius 2 is 2.24 bits per heavy atom. The summed E-state index contributed by atoms with van der Waals surface area (Å²) in [5.74, 6) is 0.374. The Balaban J connectivity index is 1.84. The fourth-order valence-electron chi connectivity index (χ4n) is 3.14. The van der Waals surface area contributed by atoms with Crippen LogP contribution in [0.3, 0.4) is 0 Å². The molecule has 0 aliphatic carbocycles. The Morgan fingerprint density at radius 1 is 1.36 bits per heavy atom. The van der Waals surface area contributed by atoms with Crippen LogP contribution in [0.2, 0.25) is 0 Å². The molecule has 1 saturated heterocycles. The fraction of sp³-hybridized carbons (Fsp3) is 0.526. The van der Waals surface area contributed by atoms with Crippen LogP contribution in [0, 0.1) is 0 Å². The number of thiazole rings is 1.